The van der Waals surface area contributed by atoms with Gasteiger partial charge < -0.3 is 4.74 Å². The lowest BCUT2D eigenvalue weighted by Crippen LogP contribution is -2.05. The molecule has 6 heteroatoms. The summed E-state index contributed by atoms with van der Waals surface area (Å²) in [6.45, 7) is 5.79. The van der Waals surface area contributed by atoms with Crippen molar-refractivity contribution in [3.8, 4) is 5.75 Å². The second-order valence-electron chi connectivity index (χ2n) is 4.86. The molecule has 1 aromatic carbocycles. The second-order valence-corrected chi connectivity index (χ2v) is 5.81. The number of aromatic nitrogens is 2. The number of rotatable bonds is 5. The molecule has 0 aliphatic carbocycles. The summed E-state index contributed by atoms with van der Waals surface area (Å²) in [5.41, 5.74) is 3.16. The van der Waals surface area contributed by atoms with Gasteiger partial charge in [0.1, 0.15) is 0 Å². The Hall–Kier alpha value is -1.95. The molecule has 0 amide bonds. The molecule has 22 heavy (non-hydrogen) atoms. The lowest BCUT2D eigenvalue weighted by atomic mass is 10.1. The van der Waals surface area contributed by atoms with Crippen molar-refractivity contribution >= 4 is 17.5 Å². The van der Waals surface area contributed by atoms with Crippen molar-refractivity contribution in [1.82, 2.24) is 9.97 Å². The molecule has 0 fully saturated rings. The van der Waals surface area contributed by atoms with Gasteiger partial charge in [-0.2, -0.15) is 0 Å². The van der Waals surface area contributed by atoms with Crippen LogP contribution >= 0.6 is 11.8 Å². The molecular weight excluding hydrogens is 303 g/mol. The van der Waals surface area contributed by atoms with Crippen molar-refractivity contribution in [3.63, 3.8) is 0 Å². The summed E-state index contributed by atoms with van der Waals surface area (Å²) in [6.07, 6.45) is 0. The lowest BCUT2D eigenvalue weighted by molar-refractivity contribution is 0.102. The Balaban J connectivity index is 2.08. The molecule has 0 bridgehead atoms. The predicted molar refractivity (Wildman–Crippen MR) is 84.2 cm³/mol. The number of hydrogen-bond acceptors (Lipinski definition) is 5. The molecule has 116 valence electrons. The van der Waals surface area contributed by atoms with Gasteiger partial charge in [-0.1, -0.05) is 11.8 Å². The first-order chi connectivity index (χ1) is 10.4. The number of thioether (sulfide) groups is 1. The monoisotopic (exact) mass is 320 g/mol. The van der Waals surface area contributed by atoms with Gasteiger partial charge in [-0.3, -0.25) is 4.79 Å². The van der Waals surface area contributed by atoms with Gasteiger partial charge in [0.15, 0.2) is 22.5 Å². The number of methoxy groups -OCH3 is 1. The van der Waals surface area contributed by atoms with E-state index >= 15 is 0 Å². The third-order valence-corrected chi connectivity index (χ3v) is 4.27. The highest BCUT2D eigenvalue weighted by atomic mass is 32.2. The van der Waals surface area contributed by atoms with Crippen molar-refractivity contribution in [2.24, 2.45) is 0 Å². The van der Waals surface area contributed by atoms with Crippen LogP contribution in [0.2, 0.25) is 0 Å². The third kappa shape index (κ3) is 3.62. The number of ketones is 1. The molecule has 0 N–H and O–H groups in total. The maximum atomic E-state index is 13.6. The number of carbonyl (C=O) groups excluding carboxylic acids is 1. The topological polar surface area (TPSA) is 52.1 Å². The maximum Gasteiger partial charge on any atom is 0.188 e. The van der Waals surface area contributed by atoms with Crippen molar-refractivity contribution < 1.29 is 13.9 Å². The number of aryl methyl sites for hydroxylation is 2. The minimum atomic E-state index is -0.545. The summed E-state index contributed by atoms with van der Waals surface area (Å²) < 4.78 is 18.5. The molecule has 0 saturated heterocycles. The fraction of sp³-hybridized carbons (Fsp3) is 0.312. The largest absolute Gasteiger partial charge is 0.494 e. The first kappa shape index (κ1) is 16.4. The van der Waals surface area contributed by atoms with Crippen LogP contribution in [0.15, 0.2) is 23.4 Å². The van der Waals surface area contributed by atoms with Gasteiger partial charge in [0.2, 0.25) is 0 Å². The van der Waals surface area contributed by atoms with Gasteiger partial charge in [0.25, 0.3) is 0 Å². The van der Waals surface area contributed by atoms with Crippen LogP contribution in [0.5, 0.6) is 5.75 Å². The summed E-state index contributed by atoms with van der Waals surface area (Å²) in [5.74, 6) is -0.437. The molecule has 1 aromatic heterocycles. The van der Waals surface area contributed by atoms with E-state index in [0.717, 1.165) is 17.0 Å². The lowest BCUT2D eigenvalue weighted by Gasteiger charge is -2.07. The average molecular weight is 320 g/mol. The zero-order chi connectivity index (χ0) is 16.3. The Morgan fingerprint density at radius 3 is 2.41 bits per heavy atom. The van der Waals surface area contributed by atoms with Gasteiger partial charge in [-0.05, 0) is 44.5 Å². The van der Waals surface area contributed by atoms with E-state index in [1.54, 1.807) is 6.07 Å². The van der Waals surface area contributed by atoms with Crippen LogP contribution in [0.1, 0.15) is 27.3 Å². The highest BCUT2D eigenvalue weighted by Crippen LogP contribution is 2.21. The molecule has 0 saturated carbocycles. The van der Waals surface area contributed by atoms with Gasteiger partial charge in [0, 0.05) is 17.0 Å². The van der Waals surface area contributed by atoms with E-state index in [9.17, 15) is 9.18 Å². The first-order valence-electron chi connectivity index (χ1n) is 6.73. The van der Waals surface area contributed by atoms with Crippen LogP contribution in [0, 0.1) is 26.6 Å². The number of carbonyl (C=O) groups is 1. The number of halogens is 1. The number of Topliss-reactive ketones (excluding diaryl/α,β-unsaturated/α-hetero) is 1. The summed E-state index contributed by atoms with van der Waals surface area (Å²) in [7, 11) is 1.38. The molecule has 2 aromatic rings. The first-order valence-corrected chi connectivity index (χ1v) is 7.72. The molecule has 0 aliphatic rings. The zero-order valence-electron chi connectivity index (χ0n) is 12.9. The van der Waals surface area contributed by atoms with E-state index in [0.29, 0.717) is 10.7 Å². The van der Waals surface area contributed by atoms with Crippen molar-refractivity contribution in [3.05, 3.63) is 46.5 Å². The predicted octanol–water partition coefficient (Wildman–Crippen LogP) is 3.52. The average Bonchev–Trinajstić information content (AvgIpc) is 2.49. The van der Waals surface area contributed by atoms with Crippen LogP contribution in [0.25, 0.3) is 0 Å². The van der Waals surface area contributed by atoms with Gasteiger partial charge in [-0.25, -0.2) is 14.4 Å². The molecule has 1 heterocycles. The van der Waals surface area contributed by atoms with E-state index in [1.165, 1.54) is 31.0 Å². The number of nitrogens with zero attached hydrogens (tertiary/aromatic N) is 2. The standard InChI is InChI=1S/C16H17FN2O2S/c1-9-10(2)18-16(19-11(9)3)22-8-14(20)12-5-6-15(21-4)13(17)7-12/h5-7H,8H2,1-4H3. The summed E-state index contributed by atoms with van der Waals surface area (Å²) >= 11 is 1.25. The Morgan fingerprint density at radius 1 is 1.23 bits per heavy atom. The summed E-state index contributed by atoms with van der Waals surface area (Å²) in [5, 5.41) is 0.558. The normalized spacial score (nSPS) is 10.6. The van der Waals surface area contributed by atoms with E-state index in [4.69, 9.17) is 4.74 Å². The van der Waals surface area contributed by atoms with Crippen LogP contribution in [-0.2, 0) is 0 Å². The molecule has 0 atom stereocenters. The molecule has 4 nitrogen and oxygen atoms in total. The van der Waals surface area contributed by atoms with E-state index in [2.05, 4.69) is 9.97 Å². The highest BCUT2D eigenvalue weighted by Gasteiger charge is 2.12. The van der Waals surface area contributed by atoms with E-state index in [-0.39, 0.29) is 17.3 Å². The second kappa shape index (κ2) is 6.87. The highest BCUT2D eigenvalue weighted by molar-refractivity contribution is 7.99. The van der Waals surface area contributed by atoms with Crippen molar-refractivity contribution in [2.75, 3.05) is 12.9 Å². The molecule has 2 rings (SSSR count). The Morgan fingerprint density at radius 2 is 1.86 bits per heavy atom. The zero-order valence-corrected chi connectivity index (χ0v) is 13.8. The Kier molecular flexibility index (Phi) is 5.13. The molecule has 0 spiro atoms. The van der Waals surface area contributed by atoms with Crippen LogP contribution < -0.4 is 4.74 Å². The van der Waals surface area contributed by atoms with Crippen LogP contribution in [-0.4, -0.2) is 28.6 Å². The Labute approximate surface area is 133 Å². The number of benzene rings is 1. The fourth-order valence-electron chi connectivity index (χ4n) is 1.86. The third-order valence-electron chi connectivity index (χ3n) is 3.42. The van der Waals surface area contributed by atoms with E-state index in [1.807, 2.05) is 20.8 Å². The SMILES string of the molecule is COc1ccc(C(=O)CSc2nc(C)c(C)c(C)n2)cc1F. The molecule has 0 unspecified atom stereocenters. The van der Waals surface area contributed by atoms with Crippen molar-refractivity contribution in [1.29, 1.82) is 0 Å². The summed E-state index contributed by atoms with van der Waals surface area (Å²) in [4.78, 5) is 20.8. The molecule has 0 radical (unpaired) electrons. The van der Waals surface area contributed by atoms with Crippen LogP contribution in [0.4, 0.5) is 4.39 Å². The summed E-state index contributed by atoms with van der Waals surface area (Å²) in [6, 6.07) is 4.19. The molecule has 0 aliphatic heterocycles. The minimum Gasteiger partial charge on any atom is -0.494 e. The minimum absolute atomic E-state index is 0.123. The van der Waals surface area contributed by atoms with Gasteiger partial charge >= 0.3 is 0 Å². The smallest absolute Gasteiger partial charge is 0.188 e. The van der Waals surface area contributed by atoms with Crippen LogP contribution in [0.3, 0.4) is 0 Å². The van der Waals surface area contributed by atoms with E-state index < -0.39 is 5.82 Å². The quantitative estimate of drug-likeness (QED) is 0.479. The Bertz CT molecular complexity index is 696. The van der Waals surface area contributed by atoms with Gasteiger partial charge in [0.05, 0.1) is 12.9 Å². The maximum absolute atomic E-state index is 13.6. The fourth-order valence-corrected chi connectivity index (χ4v) is 2.69. The number of hydrogen-bond donors (Lipinski definition) is 0. The van der Waals surface area contributed by atoms with Gasteiger partial charge in [-0.15, -0.1) is 0 Å². The number of ether oxygens (including phenoxy) is 1. The molecular formula is C16H17FN2O2S. The van der Waals surface area contributed by atoms with Crippen molar-refractivity contribution in [2.45, 2.75) is 25.9 Å².